The molecule has 0 aromatic rings. The summed E-state index contributed by atoms with van der Waals surface area (Å²) in [4.78, 5) is 10.4. The van der Waals surface area contributed by atoms with E-state index in [1.165, 1.54) is 0 Å². The smallest absolute Gasteiger partial charge is 0.871 e. The molecule has 15 heavy (non-hydrogen) atoms. The third-order valence-electron chi connectivity index (χ3n) is 1.75. The number of carboxylic acids is 1. The molecule has 0 spiro atoms. The van der Waals surface area contributed by atoms with Crippen molar-refractivity contribution in [3.63, 3.8) is 0 Å². The molecule has 2 N–H and O–H groups in total. The normalized spacial score (nSPS) is 10.5. The monoisotopic (exact) mass is 268 g/mol. The van der Waals surface area contributed by atoms with Gasteiger partial charge in [-0.2, -0.15) is 0 Å². The number of hydrogen-bond acceptors (Lipinski definition) is 4. The van der Waals surface area contributed by atoms with E-state index in [4.69, 9.17) is 20.2 Å². The summed E-state index contributed by atoms with van der Waals surface area (Å²) in [6, 6.07) is 0. The number of hydrogen-bond donors (Lipinski definition) is 2. The fourth-order valence-corrected chi connectivity index (χ4v) is 0.953. The maximum absolute atomic E-state index is 10.4. The molecule has 5 nitrogen and oxygen atoms in total. The summed E-state index contributed by atoms with van der Waals surface area (Å²) in [5, 5.41) is 32.6. The van der Waals surface area contributed by atoms with Crippen LogP contribution in [0.2, 0.25) is 0 Å². The summed E-state index contributed by atoms with van der Waals surface area (Å²) in [6.45, 7) is 4.00. The minimum absolute atomic E-state index is 0. The second kappa shape index (κ2) is 14.0. The number of unbranched alkanes of at least 4 members (excludes halogenated alkanes) is 1. The molecule has 0 bridgehead atoms. The SMILES string of the molecule is CCCCC(CC)C(=O)O.[O-]B([O-])O.[Zn+2]. The predicted octanol–water partition coefficient (Wildman–Crippen LogP) is -1.03. The first kappa shape index (κ1) is 20.5. The van der Waals surface area contributed by atoms with E-state index in [1.54, 1.807) is 0 Å². The Morgan fingerprint density at radius 2 is 1.80 bits per heavy atom. The van der Waals surface area contributed by atoms with Crippen molar-refractivity contribution in [3.8, 4) is 0 Å². The van der Waals surface area contributed by atoms with Gasteiger partial charge in [-0.05, 0) is 12.8 Å². The molecule has 0 aliphatic carbocycles. The van der Waals surface area contributed by atoms with Crippen LogP contribution in [0.3, 0.4) is 0 Å². The predicted molar refractivity (Wildman–Crippen MR) is 48.9 cm³/mol. The molecule has 0 fully saturated rings. The van der Waals surface area contributed by atoms with Crippen molar-refractivity contribution in [3.05, 3.63) is 0 Å². The fraction of sp³-hybridized carbons (Fsp3) is 0.875. The zero-order chi connectivity index (χ0) is 11.6. The molecule has 1 unspecified atom stereocenters. The van der Waals surface area contributed by atoms with E-state index < -0.39 is 13.3 Å². The summed E-state index contributed by atoms with van der Waals surface area (Å²) >= 11 is 0. The molecular weight excluding hydrogens is 252 g/mol. The van der Waals surface area contributed by atoms with E-state index in [1.807, 2.05) is 6.92 Å². The molecule has 0 saturated heterocycles. The Kier molecular flexibility index (Phi) is 19.1. The van der Waals surface area contributed by atoms with E-state index in [0.29, 0.717) is 0 Å². The van der Waals surface area contributed by atoms with Gasteiger partial charge in [0.25, 0.3) is 0 Å². The Hall–Kier alpha value is 0.0383. The molecule has 7 heteroatoms. The third-order valence-corrected chi connectivity index (χ3v) is 1.75. The standard InChI is InChI=1S/C8H16O2.BHO3.Zn/c1-3-5-6-7(4-2)8(9)10;2-1(3)4;/h7H,3-6H2,1-2H3,(H,9,10);2H;/q;-2;+2. The van der Waals surface area contributed by atoms with Crippen molar-refractivity contribution >= 4 is 13.3 Å². The molecular formula is C8H17BO5Zn. The first-order valence-corrected chi connectivity index (χ1v) is 4.68. The van der Waals surface area contributed by atoms with Gasteiger partial charge in [-0.1, -0.05) is 26.7 Å². The number of carbonyl (C=O) groups is 1. The van der Waals surface area contributed by atoms with Crippen molar-refractivity contribution in [1.29, 1.82) is 0 Å². The molecule has 0 aromatic heterocycles. The van der Waals surface area contributed by atoms with Gasteiger partial charge >= 0.3 is 25.4 Å². The van der Waals surface area contributed by atoms with Crippen molar-refractivity contribution in [2.24, 2.45) is 5.92 Å². The summed E-state index contributed by atoms with van der Waals surface area (Å²) in [5.74, 6) is -0.754. The van der Waals surface area contributed by atoms with Crippen LogP contribution in [0.5, 0.6) is 0 Å². The van der Waals surface area contributed by atoms with E-state index in [0.717, 1.165) is 25.7 Å². The quantitative estimate of drug-likeness (QED) is 0.621. The summed E-state index contributed by atoms with van der Waals surface area (Å²) < 4.78 is 0. The summed E-state index contributed by atoms with van der Waals surface area (Å²) in [5.41, 5.74) is 0. The zero-order valence-electron chi connectivity index (χ0n) is 9.31. The minimum Gasteiger partial charge on any atom is -0.871 e. The van der Waals surface area contributed by atoms with Crippen LogP contribution in [-0.2, 0) is 24.3 Å². The van der Waals surface area contributed by atoms with Crippen LogP contribution in [0.1, 0.15) is 39.5 Å². The number of aliphatic carboxylic acids is 1. The van der Waals surface area contributed by atoms with Crippen molar-refractivity contribution < 1.29 is 44.5 Å². The average Bonchev–Trinajstić information content (AvgIpc) is 2.04. The van der Waals surface area contributed by atoms with Crippen molar-refractivity contribution in [1.82, 2.24) is 0 Å². The Balaban J connectivity index is -0.000000249. The molecule has 0 radical (unpaired) electrons. The van der Waals surface area contributed by atoms with Crippen LogP contribution >= 0.6 is 0 Å². The van der Waals surface area contributed by atoms with Gasteiger partial charge in [0, 0.05) is 0 Å². The zero-order valence-corrected chi connectivity index (χ0v) is 12.3. The van der Waals surface area contributed by atoms with E-state index in [-0.39, 0.29) is 25.4 Å². The van der Waals surface area contributed by atoms with Gasteiger partial charge in [-0.15, -0.1) is 0 Å². The van der Waals surface area contributed by atoms with Crippen molar-refractivity contribution in [2.75, 3.05) is 0 Å². The first-order chi connectivity index (χ1) is 6.45. The van der Waals surface area contributed by atoms with Gasteiger partial charge in [0.1, 0.15) is 0 Å². The van der Waals surface area contributed by atoms with Crippen molar-refractivity contribution in [2.45, 2.75) is 39.5 Å². The second-order valence-corrected chi connectivity index (χ2v) is 2.89. The van der Waals surface area contributed by atoms with Crippen LogP contribution in [0, 0.1) is 5.92 Å². The van der Waals surface area contributed by atoms with Crippen LogP contribution in [-0.4, -0.2) is 23.4 Å². The number of rotatable bonds is 5. The van der Waals surface area contributed by atoms with Gasteiger partial charge in [-0.3, -0.25) is 4.79 Å². The molecule has 0 aliphatic heterocycles. The van der Waals surface area contributed by atoms with Crippen LogP contribution < -0.4 is 10.0 Å². The van der Waals surface area contributed by atoms with Gasteiger partial charge in [0.05, 0.1) is 13.2 Å². The van der Waals surface area contributed by atoms with E-state index in [9.17, 15) is 4.79 Å². The van der Waals surface area contributed by atoms with Gasteiger partial charge < -0.3 is 20.2 Å². The van der Waals surface area contributed by atoms with E-state index >= 15 is 0 Å². The average molecular weight is 269 g/mol. The largest absolute Gasteiger partial charge is 2.00 e. The summed E-state index contributed by atoms with van der Waals surface area (Å²) in [6.07, 6.45) is 3.71. The summed E-state index contributed by atoms with van der Waals surface area (Å²) in [7, 11) is -2.67. The second-order valence-electron chi connectivity index (χ2n) is 2.89. The molecule has 84 valence electrons. The molecule has 0 heterocycles. The topological polar surface area (TPSA) is 104 Å². The Morgan fingerprint density at radius 3 is 2.00 bits per heavy atom. The maximum atomic E-state index is 10.4. The minimum atomic E-state index is -2.67. The van der Waals surface area contributed by atoms with Gasteiger partial charge in [0.2, 0.25) is 0 Å². The Bertz CT molecular complexity index is 142. The maximum Gasteiger partial charge on any atom is 2.00 e. The Labute approximate surface area is 103 Å². The molecule has 0 saturated carbocycles. The molecule has 1 atom stereocenters. The third kappa shape index (κ3) is 20.2. The van der Waals surface area contributed by atoms with Crippen LogP contribution in [0.4, 0.5) is 0 Å². The fourth-order valence-electron chi connectivity index (χ4n) is 0.953. The van der Waals surface area contributed by atoms with Crippen LogP contribution in [0.25, 0.3) is 0 Å². The van der Waals surface area contributed by atoms with Crippen LogP contribution in [0.15, 0.2) is 0 Å². The Morgan fingerprint density at radius 1 is 1.40 bits per heavy atom. The number of carboxylic acid groups (broad SMARTS) is 1. The molecule has 0 aromatic carbocycles. The molecule has 0 rings (SSSR count). The van der Waals surface area contributed by atoms with Gasteiger partial charge in [-0.25, -0.2) is 0 Å². The molecule has 0 amide bonds. The molecule has 0 aliphatic rings. The van der Waals surface area contributed by atoms with Gasteiger partial charge in [0.15, 0.2) is 0 Å². The van der Waals surface area contributed by atoms with E-state index in [2.05, 4.69) is 6.92 Å². The first-order valence-electron chi connectivity index (χ1n) is 4.68.